The van der Waals surface area contributed by atoms with E-state index in [1.807, 2.05) is 30.6 Å². The summed E-state index contributed by atoms with van der Waals surface area (Å²) >= 11 is 0. The van der Waals surface area contributed by atoms with Crippen molar-refractivity contribution in [2.75, 3.05) is 19.6 Å². The van der Waals surface area contributed by atoms with Crippen LogP contribution in [0.25, 0.3) is 11.0 Å². The zero-order valence-corrected chi connectivity index (χ0v) is 17.1. The molecule has 162 valence electrons. The molecule has 0 aliphatic carbocycles. The predicted molar refractivity (Wildman–Crippen MR) is 112 cm³/mol. The normalized spacial score (nSPS) is 14.7. The Morgan fingerprint density at radius 3 is 2.65 bits per heavy atom. The fourth-order valence-corrected chi connectivity index (χ4v) is 3.97. The molecule has 0 atom stereocenters. The molecule has 0 spiro atoms. The summed E-state index contributed by atoms with van der Waals surface area (Å²) in [4.78, 5) is 30.8. The molecule has 4 rings (SSSR count). The Morgan fingerprint density at radius 1 is 1.10 bits per heavy atom. The molecule has 2 amide bonds. The Labute approximate surface area is 178 Å². The molecule has 1 saturated heterocycles. The minimum absolute atomic E-state index is 0.0180. The maximum absolute atomic E-state index is 13.9. The summed E-state index contributed by atoms with van der Waals surface area (Å²) in [7, 11) is 0. The number of aromatic nitrogens is 2. The van der Waals surface area contributed by atoms with Gasteiger partial charge in [0.2, 0.25) is 5.91 Å². The second kappa shape index (κ2) is 9.24. The van der Waals surface area contributed by atoms with Crippen molar-refractivity contribution in [1.29, 1.82) is 0 Å². The van der Waals surface area contributed by atoms with Gasteiger partial charge in [0.25, 0.3) is 5.91 Å². The largest absolute Gasteiger partial charge is 0.356 e. The van der Waals surface area contributed by atoms with E-state index < -0.39 is 17.5 Å². The number of fused-ring (bicyclic) bond motifs is 1. The minimum atomic E-state index is -0.865. The van der Waals surface area contributed by atoms with Gasteiger partial charge < -0.3 is 14.8 Å². The highest BCUT2D eigenvalue weighted by molar-refractivity contribution is 5.94. The Morgan fingerprint density at radius 2 is 1.87 bits per heavy atom. The fourth-order valence-electron chi connectivity index (χ4n) is 3.97. The number of aryl methyl sites for hydroxylation is 1. The molecule has 2 aromatic carbocycles. The molecule has 1 aliphatic rings. The van der Waals surface area contributed by atoms with E-state index in [1.54, 1.807) is 0 Å². The highest BCUT2D eigenvalue weighted by Crippen LogP contribution is 2.21. The van der Waals surface area contributed by atoms with Gasteiger partial charge in [-0.2, -0.15) is 0 Å². The van der Waals surface area contributed by atoms with Crippen LogP contribution >= 0.6 is 0 Å². The number of hydrogen-bond acceptors (Lipinski definition) is 3. The van der Waals surface area contributed by atoms with Crippen molar-refractivity contribution < 1.29 is 18.4 Å². The first kappa shape index (κ1) is 21.0. The number of hydrogen-bond donors (Lipinski definition) is 1. The third kappa shape index (κ3) is 4.73. The number of likely N-dealkylation sites (tertiary alicyclic amines) is 1. The lowest BCUT2D eigenvalue weighted by Crippen LogP contribution is -2.43. The maximum atomic E-state index is 13.9. The van der Waals surface area contributed by atoms with Crippen molar-refractivity contribution in [3.63, 3.8) is 0 Å². The fraction of sp³-hybridized carbons (Fsp3) is 0.348. The summed E-state index contributed by atoms with van der Waals surface area (Å²) in [6.45, 7) is 2.06. The number of rotatable bonds is 6. The van der Waals surface area contributed by atoms with Crippen molar-refractivity contribution in [2.24, 2.45) is 5.92 Å². The standard InChI is InChI=1S/C23H24F2N4O2/c24-17-6-7-18(19(25)14-17)23(31)28-12-8-16(9-13-28)22(30)26-10-3-11-29-15-27-20-4-1-2-5-21(20)29/h1-2,4-7,14-16H,3,8-13H2,(H,26,30). The van der Waals surface area contributed by atoms with Crippen LogP contribution in [0.15, 0.2) is 48.8 Å². The van der Waals surface area contributed by atoms with Gasteiger partial charge in [-0.05, 0) is 43.5 Å². The van der Waals surface area contributed by atoms with Crippen LogP contribution < -0.4 is 5.32 Å². The van der Waals surface area contributed by atoms with Crippen molar-refractivity contribution in [3.8, 4) is 0 Å². The van der Waals surface area contributed by atoms with E-state index in [2.05, 4.69) is 14.9 Å². The third-order valence-electron chi connectivity index (χ3n) is 5.72. The molecule has 6 nitrogen and oxygen atoms in total. The van der Waals surface area contributed by atoms with E-state index in [-0.39, 0.29) is 17.4 Å². The number of piperidine rings is 1. The van der Waals surface area contributed by atoms with Crippen molar-refractivity contribution in [1.82, 2.24) is 19.8 Å². The first-order valence-electron chi connectivity index (χ1n) is 10.4. The highest BCUT2D eigenvalue weighted by Gasteiger charge is 2.28. The second-order valence-electron chi connectivity index (χ2n) is 7.76. The molecule has 0 unspecified atom stereocenters. The predicted octanol–water partition coefficient (Wildman–Crippen LogP) is 3.37. The molecule has 0 radical (unpaired) electrons. The smallest absolute Gasteiger partial charge is 0.256 e. The lowest BCUT2D eigenvalue weighted by molar-refractivity contribution is -0.126. The molecular formula is C23H24F2N4O2. The Kier molecular flexibility index (Phi) is 6.25. The lowest BCUT2D eigenvalue weighted by Gasteiger charge is -2.31. The van der Waals surface area contributed by atoms with Gasteiger partial charge in [0.05, 0.1) is 22.9 Å². The zero-order valence-electron chi connectivity index (χ0n) is 17.1. The molecule has 8 heteroatoms. The zero-order chi connectivity index (χ0) is 21.8. The monoisotopic (exact) mass is 426 g/mol. The van der Waals surface area contributed by atoms with E-state index in [1.165, 1.54) is 4.90 Å². The molecule has 1 aromatic heterocycles. The van der Waals surface area contributed by atoms with Crippen molar-refractivity contribution >= 4 is 22.8 Å². The number of halogens is 2. The summed E-state index contributed by atoms with van der Waals surface area (Å²) in [5, 5.41) is 2.98. The molecule has 1 fully saturated rings. The minimum Gasteiger partial charge on any atom is -0.356 e. The van der Waals surface area contributed by atoms with Crippen LogP contribution in [0.2, 0.25) is 0 Å². The van der Waals surface area contributed by atoms with Crippen LogP contribution in [0.3, 0.4) is 0 Å². The maximum Gasteiger partial charge on any atom is 0.256 e. The number of carbonyl (C=O) groups is 2. The van der Waals surface area contributed by atoms with E-state index >= 15 is 0 Å². The molecule has 2 heterocycles. The van der Waals surface area contributed by atoms with Crippen LogP contribution in [0.5, 0.6) is 0 Å². The topological polar surface area (TPSA) is 67.2 Å². The van der Waals surface area contributed by atoms with Crippen molar-refractivity contribution in [3.05, 3.63) is 66.0 Å². The van der Waals surface area contributed by atoms with E-state index in [4.69, 9.17) is 0 Å². The number of carbonyl (C=O) groups excluding carboxylic acids is 2. The van der Waals surface area contributed by atoms with Gasteiger partial charge in [-0.1, -0.05) is 12.1 Å². The second-order valence-corrected chi connectivity index (χ2v) is 7.76. The van der Waals surface area contributed by atoms with Crippen molar-refractivity contribution in [2.45, 2.75) is 25.8 Å². The first-order chi connectivity index (χ1) is 15.0. The molecular weight excluding hydrogens is 402 g/mol. The summed E-state index contributed by atoms with van der Waals surface area (Å²) < 4.78 is 29.0. The third-order valence-corrected chi connectivity index (χ3v) is 5.72. The average Bonchev–Trinajstić information content (AvgIpc) is 3.19. The number of benzene rings is 2. The van der Waals surface area contributed by atoms with E-state index in [0.29, 0.717) is 38.5 Å². The van der Waals surface area contributed by atoms with Gasteiger partial charge in [-0.25, -0.2) is 13.8 Å². The number of imidazole rings is 1. The first-order valence-corrected chi connectivity index (χ1v) is 10.4. The SMILES string of the molecule is O=C(NCCCn1cnc2ccccc21)C1CCN(C(=O)c2ccc(F)cc2F)CC1. The molecule has 31 heavy (non-hydrogen) atoms. The van der Waals surface area contributed by atoms with Crippen LogP contribution in [0.4, 0.5) is 8.78 Å². The lowest BCUT2D eigenvalue weighted by atomic mass is 9.95. The van der Waals surface area contributed by atoms with Gasteiger partial charge in [0.15, 0.2) is 0 Å². The van der Waals surface area contributed by atoms with Crippen LogP contribution in [0, 0.1) is 17.6 Å². The Hall–Kier alpha value is -3.29. The number of nitrogens with zero attached hydrogens (tertiary/aromatic N) is 3. The number of nitrogens with one attached hydrogen (secondary N) is 1. The molecule has 1 N–H and O–H groups in total. The highest BCUT2D eigenvalue weighted by atomic mass is 19.1. The van der Waals surface area contributed by atoms with Gasteiger partial charge in [-0.15, -0.1) is 0 Å². The van der Waals surface area contributed by atoms with Gasteiger partial charge >= 0.3 is 0 Å². The van der Waals surface area contributed by atoms with Crippen LogP contribution in [0.1, 0.15) is 29.6 Å². The molecule has 3 aromatic rings. The summed E-state index contributed by atoms with van der Waals surface area (Å²) in [6, 6.07) is 10.9. The quantitative estimate of drug-likeness (QED) is 0.615. The molecule has 1 aliphatic heterocycles. The van der Waals surface area contributed by atoms with E-state index in [0.717, 1.165) is 36.1 Å². The Balaban J connectivity index is 1.21. The summed E-state index contributed by atoms with van der Waals surface area (Å²) in [6.07, 6.45) is 3.63. The van der Waals surface area contributed by atoms with E-state index in [9.17, 15) is 18.4 Å². The molecule has 0 bridgehead atoms. The average molecular weight is 426 g/mol. The number of para-hydroxylation sites is 2. The number of amides is 2. The summed E-state index contributed by atoms with van der Waals surface area (Å²) in [5.74, 6) is -2.24. The van der Waals surface area contributed by atoms with Gasteiger partial charge in [-0.3, -0.25) is 9.59 Å². The Bertz CT molecular complexity index is 1090. The van der Waals surface area contributed by atoms with Gasteiger partial charge in [0, 0.05) is 38.2 Å². The molecule has 0 saturated carbocycles. The van der Waals surface area contributed by atoms with Crippen LogP contribution in [-0.4, -0.2) is 45.9 Å². The summed E-state index contributed by atoms with van der Waals surface area (Å²) in [5.41, 5.74) is 1.88. The van der Waals surface area contributed by atoms with Gasteiger partial charge in [0.1, 0.15) is 11.6 Å². The van der Waals surface area contributed by atoms with Crippen LogP contribution in [-0.2, 0) is 11.3 Å².